The zero-order chi connectivity index (χ0) is 15.2. The van der Waals surface area contributed by atoms with Crippen LogP contribution in [0.5, 0.6) is 0 Å². The van der Waals surface area contributed by atoms with Gasteiger partial charge in [-0.3, -0.25) is 4.79 Å². The molecule has 2 N–H and O–H groups in total. The van der Waals surface area contributed by atoms with E-state index in [0.717, 1.165) is 23.4 Å². The van der Waals surface area contributed by atoms with Crippen molar-refractivity contribution in [1.82, 2.24) is 5.32 Å². The first-order chi connectivity index (χ1) is 10.6. The van der Waals surface area contributed by atoms with Crippen LogP contribution >= 0.6 is 11.6 Å². The van der Waals surface area contributed by atoms with Gasteiger partial charge in [0.2, 0.25) is 5.91 Å². The zero-order valence-electron chi connectivity index (χ0n) is 12.8. The summed E-state index contributed by atoms with van der Waals surface area (Å²) in [5.74, 6) is 2.65. The van der Waals surface area contributed by atoms with Crippen molar-refractivity contribution in [2.24, 2.45) is 17.8 Å². The van der Waals surface area contributed by atoms with E-state index in [0.29, 0.717) is 11.6 Å². The van der Waals surface area contributed by atoms with Crippen LogP contribution in [0, 0.1) is 17.8 Å². The minimum Gasteiger partial charge on any atom is -0.375 e. The fourth-order valence-electron chi connectivity index (χ4n) is 5.38. The first kappa shape index (κ1) is 14.4. The Labute approximate surface area is 136 Å². The molecule has 118 valence electrons. The molecule has 0 radical (unpaired) electrons. The van der Waals surface area contributed by atoms with E-state index in [2.05, 4.69) is 10.6 Å². The lowest BCUT2D eigenvalue weighted by molar-refractivity contribution is -0.125. The van der Waals surface area contributed by atoms with Crippen LogP contribution in [0.1, 0.15) is 38.5 Å². The summed E-state index contributed by atoms with van der Waals surface area (Å²) >= 11 is 6.11. The van der Waals surface area contributed by atoms with Gasteiger partial charge in [0.1, 0.15) is 0 Å². The van der Waals surface area contributed by atoms with Crippen molar-refractivity contribution in [1.29, 1.82) is 0 Å². The second kappa shape index (κ2) is 5.45. The Hall–Kier alpha value is -1.22. The third-order valence-corrected chi connectivity index (χ3v) is 6.09. The van der Waals surface area contributed by atoms with Gasteiger partial charge in [0, 0.05) is 5.54 Å². The summed E-state index contributed by atoms with van der Waals surface area (Å²) in [6.45, 7) is 0.297. The van der Waals surface area contributed by atoms with Gasteiger partial charge in [0.05, 0.1) is 17.3 Å². The molecule has 4 aliphatic rings. The minimum atomic E-state index is 0.0913. The van der Waals surface area contributed by atoms with Crippen LogP contribution in [-0.4, -0.2) is 18.0 Å². The number of carbonyl (C=O) groups is 1. The number of hydrogen-bond acceptors (Lipinski definition) is 2. The number of anilines is 1. The van der Waals surface area contributed by atoms with Crippen molar-refractivity contribution >= 4 is 23.2 Å². The van der Waals surface area contributed by atoms with E-state index < -0.39 is 0 Å². The first-order valence-corrected chi connectivity index (χ1v) is 8.79. The van der Waals surface area contributed by atoms with Gasteiger partial charge in [-0.15, -0.1) is 0 Å². The minimum absolute atomic E-state index is 0.0913. The molecule has 4 aliphatic carbocycles. The lowest BCUT2D eigenvalue weighted by Crippen LogP contribution is -2.60. The van der Waals surface area contributed by atoms with Crippen LogP contribution < -0.4 is 10.6 Å². The summed E-state index contributed by atoms with van der Waals surface area (Å²) in [5.41, 5.74) is 0.915. The average Bonchev–Trinajstić information content (AvgIpc) is 2.44. The van der Waals surface area contributed by atoms with E-state index in [9.17, 15) is 4.79 Å². The summed E-state index contributed by atoms with van der Waals surface area (Å²) in [7, 11) is 0. The first-order valence-electron chi connectivity index (χ1n) is 8.41. The molecule has 5 rings (SSSR count). The molecule has 0 saturated heterocycles. The molecule has 0 unspecified atom stereocenters. The molecule has 4 fully saturated rings. The quantitative estimate of drug-likeness (QED) is 0.885. The molecule has 0 atom stereocenters. The van der Waals surface area contributed by atoms with Gasteiger partial charge < -0.3 is 10.6 Å². The number of amides is 1. The van der Waals surface area contributed by atoms with Crippen molar-refractivity contribution in [2.45, 2.75) is 44.1 Å². The van der Waals surface area contributed by atoms with Crippen LogP contribution in [0.4, 0.5) is 5.69 Å². The highest BCUT2D eigenvalue weighted by Crippen LogP contribution is 2.55. The molecule has 0 spiro atoms. The van der Waals surface area contributed by atoms with Gasteiger partial charge >= 0.3 is 0 Å². The number of carbonyl (C=O) groups excluding carboxylic acids is 1. The maximum Gasteiger partial charge on any atom is 0.239 e. The topological polar surface area (TPSA) is 41.1 Å². The smallest absolute Gasteiger partial charge is 0.239 e. The number of benzene rings is 1. The van der Waals surface area contributed by atoms with Gasteiger partial charge in [-0.25, -0.2) is 0 Å². The molecule has 0 heterocycles. The number of rotatable bonds is 4. The van der Waals surface area contributed by atoms with Crippen LogP contribution in [0.25, 0.3) is 0 Å². The molecule has 1 aromatic rings. The molecule has 4 heteroatoms. The van der Waals surface area contributed by atoms with Gasteiger partial charge in [0.25, 0.3) is 0 Å². The van der Waals surface area contributed by atoms with Gasteiger partial charge in [0.15, 0.2) is 0 Å². The number of halogens is 1. The summed E-state index contributed by atoms with van der Waals surface area (Å²) in [6.07, 6.45) is 7.76. The maximum atomic E-state index is 12.4. The highest BCUT2D eigenvalue weighted by atomic mass is 35.5. The standard InChI is InChI=1S/C18H23ClN2O/c19-15-3-1-2-4-16(15)20-11-17(22)21-18-8-12-5-13(9-18)7-14(6-12)10-18/h1-4,12-14,20H,5-11H2,(H,21,22). The van der Waals surface area contributed by atoms with Crippen LogP contribution in [0.3, 0.4) is 0 Å². The molecule has 1 amide bonds. The van der Waals surface area contributed by atoms with E-state index >= 15 is 0 Å². The second-order valence-electron chi connectivity index (χ2n) is 7.58. The van der Waals surface area contributed by atoms with Crippen molar-refractivity contribution in [2.75, 3.05) is 11.9 Å². The van der Waals surface area contributed by atoms with Gasteiger partial charge in [-0.05, 0) is 68.4 Å². The fraction of sp³-hybridized carbons (Fsp3) is 0.611. The predicted octanol–water partition coefficient (Wildman–Crippen LogP) is 3.84. The third-order valence-electron chi connectivity index (χ3n) is 5.76. The Balaban J connectivity index is 1.37. The largest absolute Gasteiger partial charge is 0.375 e. The Morgan fingerprint density at radius 2 is 1.68 bits per heavy atom. The van der Waals surface area contributed by atoms with Crippen molar-refractivity contribution in [3.05, 3.63) is 29.3 Å². The highest BCUT2D eigenvalue weighted by molar-refractivity contribution is 6.33. The van der Waals surface area contributed by atoms with Crippen molar-refractivity contribution < 1.29 is 4.79 Å². The summed E-state index contributed by atoms with van der Waals surface area (Å²) in [4.78, 5) is 12.4. The van der Waals surface area contributed by atoms with E-state index in [4.69, 9.17) is 11.6 Å². The number of para-hydroxylation sites is 1. The van der Waals surface area contributed by atoms with E-state index in [-0.39, 0.29) is 11.4 Å². The Morgan fingerprint density at radius 1 is 1.09 bits per heavy atom. The molecule has 0 aliphatic heterocycles. The number of hydrogen-bond donors (Lipinski definition) is 2. The molecule has 1 aromatic carbocycles. The predicted molar refractivity (Wildman–Crippen MR) is 89.0 cm³/mol. The Bertz CT molecular complexity index is 551. The van der Waals surface area contributed by atoms with Crippen LogP contribution in [0.2, 0.25) is 5.02 Å². The van der Waals surface area contributed by atoms with Crippen LogP contribution in [-0.2, 0) is 4.79 Å². The van der Waals surface area contributed by atoms with E-state index in [1.165, 1.54) is 38.5 Å². The normalized spacial score (nSPS) is 35.4. The second-order valence-corrected chi connectivity index (χ2v) is 7.99. The summed E-state index contributed by atoms with van der Waals surface area (Å²) in [6, 6.07) is 7.55. The molecular weight excluding hydrogens is 296 g/mol. The fourth-order valence-corrected chi connectivity index (χ4v) is 5.59. The SMILES string of the molecule is O=C(CNc1ccccc1Cl)NC12CC3CC(CC(C3)C1)C2. The zero-order valence-corrected chi connectivity index (χ0v) is 13.5. The summed E-state index contributed by atoms with van der Waals surface area (Å²) < 4.78 is 0. The van der Waals surface area contributed by atoms with Crippen LogP contribution in [0.15, 0.2) is 24.3 Å². The molecule has 0 aromatic heterocycles. The molecule has 4 saturated carbocycles. The lowest BCUT2D eigenvalue weighted by Gasteiger charge is -2.56. The molecule has 3 nitrogen and oxygen atoms in total. The number of nitrogens with one attached hydrogen (secondary N) is 2. The van der Waals surface area contributed by atoms with Crippen molar-refractivity contribution in [3.8, 4) is 0 Å². The van der Waals surface area contributed by atoms with Crippen molar-refractivity contribution in [3.63, 3.8) is 0 Å². The Kier molecular flexibility index (Phi) is 3.56. The maximum absolute atomic E-state index is 12.4. The monoisotopic (exact) mass is 318 g/mol. The molecular formula is C18H23ClN2O. The van der Waals surface area contributed by atoms with Gasteiger partial charge in [-0.1, -0.05) is 23.7 Å². The highest BCUT2D eigenvalue weighted by Gasteiger charge is 2.51. The average molecular weight is 319 g/mol. The van der Waals surface area contributed by atoms with E-state index in [1.807, 2.05) is 24.3 Å². The molecule has 22 heavy (non-hydrogen) atoms. The Morgan fingerprint density at radius 3 is 2.27 bits per heavy atom. The van der Waals surface area contributed by atoms with E-state index in [1.54, 1.807) is 0 Å². The summed E-state index contributed by atoms with van der Waals surface area (Å²) in [5, 5.41) is 7.18. The van der Waals surface area contributed by atoms with Gasteiger partial charge in [-0.2, -0.15) is 0 Å². The lowest BCUT2D eigenvalue weighted by atomic mass is 9.53. The third kappa shape index (κ3) is 2.71. The molecule has 4 bridgehead atoms.